The van der Waals surface area contributed by atoms with E-state index in [2.05, 4.69) is 0 Å². The third-order valence-corrected chi connectivity index (χ3v) is 7.78. The van der Waals surface area contributed by atoms with Crippen LogP contribution in [0.4, 0.5) is 0 Å². The minimum atomic E-state index is -4.68. The third-order valence-electron chi connectivity index (χ3n) is 6.23. The predicted molar refractivity (Wildman–Crippen MR) is 110 cm³/mol. The van der Waals surface area contributed by atoms with Crippen molar-refractivity contribution >= 4 is 19.2 Å². The third kappa shape index (κ3) is 5.24. The number of thiophene rings is 1. The number of ether oxygens (including phenoxy) is 1. The average Bonchev–Trinajstić information content (AvgIpc) is 3.14. The number of fused-ring (bicyclic) bond motifs is 1. The van der Waals surface area contributed by atoms with E-state index < -0.39 is 19.8 Å². The predicted octanol–water partition coefficient (Wildman–Crippen LogP) is 3.62. The second kappa shape index (κ2) is 9.23. The van der Waals surface area contributed by atoms with Gasteiger partial charge in [-0.25, -0.2) is 4.57 Å². The molecule has 9 heteroatoms. The topological polar surface area (TPSA) is 105 Å². The van der Waals surface area contributed by atoms with Gasteiger partial charge in [0, 0.05) is 6.42 Å². The number of phosphoric acid groups is 1. The first-order valence-electron chi connectivity index (χ1n) is 10.1. The number of rotatable bonds is 8. The Morgan fingerprint density at radius 2 is 2.00 bits per heavy atom. The molecule has 3 rings (SSSR count). The summed E-state index contributed by atoms with van der Waals surface area (Å²) in [5.74, 6) is 1.26. The molecular weight excluding hydrogens is 399 g/mol. The van der Waals surface area contributed by atoms with Crippen LogP contribution in [0.1, 0.15) is 56.2 Å². The van der Waals surface area contributed by atoms with Gasteiger partial charge in [0.25, 0.3) is 0 Å². The first-order valence-corrected chi connectivity index (χ1v) is 12.5. The monoisotopic (exact) mass is 432 g/mol. The molecule has 1 aromatic heterocycles. The molecule has 0 aromatic carbocycles. The molecule has 5 atom stereocenters. The van der Waals surface area contributed by atoms with Crippen molar-refractivity contribution in [3.05, 3.63) is 22.4 Å². The molecular formula is C19H33N2O5PS. The Hall–Kier alpha value is -0.310. The normalized spacial score (nSPS) is 29.3. The molecule has 5 unspecified atom stereocenters. The second-order valence-electron chi connectivity index (χ2n) is 8.29. The van der Waals surface area contributed by atoms with E-state index >= 15 is 0 Å². The fourth-order valence-electron chi connectivity index (χ4n) is 4.98. The van der Waals surface area contributed by atoms with Crippen LogP contribution in [0.3, 0.4) is 0 Å². The lowest BCUT2D eigenvalue weighted by Crippen LogP contribution is -2.52. The Morgan fingerprint density at radius 3 is 2.64 bits per heavy atom. The summed E-state index contributed by atoms with van der Waals surface area (Å²) in [6.07, 6.45) is 7.57. The highest BCUT2D eigenvalue weighted by molar-refractivity contribution is 7.46. The molecule has 0 bridgehead atoms. The molecule has 0 amide bonds. The Morgan fingerprint density at radius 1 is 1.29 bits per heavy atom. The number of nitrogens with zero attached hydrogens (tertiary/aromatic N) is 1. The molecule has 0 radical (unpaired) electrons. The zero-order valence-corrected chi connectivity index (χ0v) is 18.4. The number of nitrogens with two attached hydrogens (primary N) is 1. The lowest BCUT2D eigenvalue weighted by molar-refractivity contribution is -0.219. The summed E-state index contributed by atoms with van der Waals surface area (Å²) < 4.78 is 22.9. The van der Waals surface area contributed by atoms with Gasteiger partial charge in [-0.3, -0.25) is 9.42 Å². The van der Waals surface area contributed by atoms with Crippen LogP contribution in [0.15, 0.2) is 17.5 Å². The van der Waals surface area contributed by atoms with Crippen molar-refractivity contribution in [1.29, 1.82) is 0 Å². The largest absolute Gasteiger partial charge is 0.471 e. The van der Waals surface area contributed by atoms with Crippen LogP contribution < -0.4 is 5.73 Å². The highest BCUT2D eigenvalue weighted by Crippen LogP contribution is 2.47. The van der Waals surface area contributed by atoms with Crippen molar-refractivity contribution in [2.24, 2.45) is 17.6 Å². The van der Waals surface area contributed by atoms with Crippen LogP contribution in [0.25, 0.3) is 0 Å². The van der Waals surface area contributed by atoms with Gasteiger partial charge in [0.2, 0.25) is 0 Å². The fourth-order valence-corrected chi connectivity index (χ4v) is 6.36. The van der Waals surface area contributed by atoms with Crippen molar-refractivity contribution < 1.29 is 23.6 Å². The van der Waals surface area contributed by atoms with E-state index in [9.17, 15) is 14.4 Å². The highest BCUT2D eigenvalue weighted by Gasteiger charge is 2.45. The molecule has 0 saturated heterocycles. The van der Waals surface area contributed by atoms with Crippen LogP contribution >= 0.6 is 19.2 Å². The minimum Gasteiger partial charge on any atom is -0.352 e. The molecule has 0 spiro atoms. The second-order valence-corrected chi connectivity index (χ2v) is 10.4. The van der Waals surface area contributed by atoms with Crippen molar-refractivity contribution in [3.63, 3.8) is 0 Å². The first kappa shape index (κ1) is 22.4. The van der Waals surface area contributed by atoms with E-state index in [-0.39, 0.29) is 12.5 Å². The van der Waals surface area contributed by atoms with E-state index in [4.69, 9.17) is 15.0 Å². The van der Waals surface area contributed by atoms with Crippen molar-refractivity contribution in [1.82, 2.24) is 4.90 Å². The SMILES string of the molecule is CN(C)C(CC(N)OP(=O)(O)O)(OC1CCCC2CCCCC21)c1cccs1. The van der Waals surface area contributed by atoms with Gasteiger partial charge >= 0.3 is 7.82 Å². The van der Waals surface area contributed by atoms with Gasteiger partial charge in [0.1, 0.15) is 6.23 Å². The Bertz CT molecular complexity index is 665. The number of hydrogen-bond donors (Lipinski definition) is 3. The molecule has 160 valence electrons. The summed E-state index contributed by atoms with van der Waals surface area (Å²) in [7, 11) is -0.833. The van der Waals surface area contributed by atoms with Crippen LogP contribution in [0.5, 0.6) is 0 Å². The Balaban J connectivity index is 1.88. The van der Waals surface area contributed by atoms with Gasteiger partial charge in [0.15, 0.2) is 5.72 Å². The zero-order chi connectivity index (χ0) is 20.4. The van der Waals surface area contributed by atoms with E-state index in [0.29, 0.717) is 5.92 Å². The number of phosphoric ester groups is 1. The van der Waals surface area contributed by atoms with E-state index in [1.165, 1.54) is 32.1 Å². The zero-order valence-electron chi connectivity index (χ0n) is 16.7. The molecule has 1 aromatic rings. The van der Waals surface area contributed by atoms with Crippen LogP contribution in [-0.4, -0.2) is 41.1 Å². The molecule has 28 heavy (non-hydrogen) atoms. The fraction of sp³-hybridized carbons (Fsp3) is 0.789. The molecule has 0 aliphatic heterocycles. The summed E-state index contributed by atoms with van der Waals surface area (Å²) >= 11 is 1.56. The highest BCUT2D eigenvalue weighted by atomic mass is 32.1. The van der Waals surface area contributed by atoms with E-state index in [1.807, 2.05) is 36.5 Å². The van der Waals surface area contributed by atoms with Gasteiger partial charge in [-0.1, -0.05) is 31.7 Å². The van der Waals surface area contributed by atoms with Gasteiger partial charge in [-0.05, 0) is 56.6 Å². The summed E-state index contributed by atoms with van der Waals surface area (Å²) in [5.41, 5.74) is 5.13. The summed E-state index contributed by atoms with van der Waals surface area (Å²) in [6, 6.07) is 3.96. The molecule has 4 N–H and O–H groups in total. The van der Waals surface area contributed by atoms with E-state index in [0.717, 1.165) is 23.6 Å². The van der Waals surface area contributed by atoms with Crippen LogP contribution in [0, 0.1) is 11.8 Å². The molecule has 7 nitrogen and oxygen atoms in total. The van der Waals surface area contributed by atoms with Crippen LogP contribution in [0.2, 0.25) is 0 Å². The molecule has 2 aliphatic carbocycles. The molecule has 2 saturated carbocycles. The lowest BCUT2D eigenvalue weighted by atomic mass is 9.69. The van der Waals surface area contributed by atoms with Gasteiger partial charge < -0.3 is 20.3 Å². The summed E-state index contributed by atoms with van der Waals surface area (Å²) in [4.78, 5) is 21.3. The summed E-state index contributed by atoms with van der Waals surface area (Å²) in [6.45, 7) is 0. The molecule has 2 aliphatic rings. The maximum atomic E-state index is 11.3. The first-order chi connectivity index (χ1) is 13.2. The quantitative estimate of drug-likeness (QED) is 0.426. The van der Waals surface area contributed by atoms with E-state index in [1.54, 1.807) is 11.3 Å². The molecule has 1 heterocycles. The van der Waals surface area contributed by atoms with Gasteiger partial charge in [0.05, 0.1) is 11.0 Å². The standard InChI is InChI=1S/C19H33N2O5PS/c1-21(2)19(17-11-6-12-28-17,13-18(20)26-27(22,23)24)25-16-10-5-8-14-7-3-4-9-15(14)16/h6,11-12,14-16,18H,3-5,7-10,13,20H2,1-2H3,(H2,22,23,24). The maximum absolute atomic E-state index is 11.3. The Kier molecular flexibility index (Phi) is 7.37. The lowest BCUT2D eigenvalue weighted by Gasteiger charge is -2.48. The minimum absolute atomic E-state index is 0.116. The Labute approximate surface area is 171 Å². The van der Waals surface area contributed by atoms with Gasteiger partial charge in [-0.15, -0.1) is 11.3 Å². The van der Waals surface area contributed by atoms with Gasteiger partial charge in [-0.2, -0.15) is 0 Å². The van der Waals surface area contributed by atoms with Crippen molar-refractivity contribution in [3.8, 4) is 0 Å². The molecule has 2 fully saturated rings. The van der Waals surface area contributed by atoms with Crippen molar-refractivity contribution in [2.75, 3.05) is 14.1 Å². The van der Waals surface area contributed by atoms with Crippen LogP contribution in [-0.2, 0) is 19.6 Å². The maximum Gasteiger partial charge on any atom is 0.471 e. The average molecular weight is 433 g/mol. The van der Waals surface area contributed by atoms with Crippen molar-refractivity contribution in [2.45, 2.75) is 69.4 Å². The summed E-state index contributed by atoms with van der Waals surface area (Å²) in [5, 5.41) is 1.98. The smallest absolute Gasteiger partial charge is 0.352 e. The number of hydrogen-bond acceptors (Lipinski definition) is 6.